The topological polar surface area (TPSA) is 37.4 Å². The summed E-state index contributed by atoms with van der Waals surface area (Å²) in [5, 5.41) is 0. The third kappa shape index (κ3) is 1.73. The van der Waals surface area contributed by atoms with E-state index in [2.05, 4.69) is 4.90 Å². The van der Waals surface area contributed by atoms with Gasteiger partial charge in [-0.3, -0.25) is 4.90 Å². The summed E-state index contributed by atoms with van der Waals surface area (Å²) < 4.78 is 22.0. The molecule has 1 aliphatic heterocycles. The van der Waals surface area contributed by atoms with Crippen LogP contribution >= 0.6 is 0 Å². The average molecular weight is 175 g/mol. The van der Waals surface area contributed by atoms with Gasteiger partial charge in [-0.25, -0.2) is 8.42 Å². The van der Waals surface area contributed by atoms with Crippen LogP contribution in [0.15, 0.2) is 0 Å². The number of hydrogen-bond acceptors (Lipinski definition) is 3. The van der Waals surface area contributed by atoms with Crippen LogP contribution in [-0.4, -0.2) is 44.0 Å². The van der Waals surface area contributed by atoms with Crippen LogP contribution in [-0.2, 0) is 9.84 Å². The van der Waals surface area contributed by atoms with E-state index in [1.54, 1.807) is 0 Å². The molecule has 1 heterocycles. The zero-order valence-corrected chi connectivity index (χ0v) is 7.31. The molecule has 2 rings (SSSR count). The minimum Gasteiger partial charge on any atom is -0.298 e. The molecule has 0 spiro atoms. The third-order valence-electron chi connectivity index (χ3n) is 2.44. The first-order valence-corrected chi connectivity index (χ1v) is 5.94. The summed E-state index contributed by atoms with van der Waals surface area (Å²) in [5.74, 6) is 0.757. The van der Waals surface area contributed by atoms with Crippen LogP contribution in [0.2, 0.25) is 0 Å². The van der Waals surface area contributed by atoms with E-state index in [1.165, 1.54) is 12.8 Å². The van der Waals surface area contributed by atoms with Gasteiger partial charge in [0, 0.05) is 19.1 Å². The molecular weight excluding hydrogens is 162 g/mol. The molecule has 1 aliphatic carbocycles. The van der Waals surface area contributed by atoms with E-state index in [0.717, 1.165) is 19.1 Å². The number of nitrogens with zero attached hydrogens (tertiary/aromatic N) is 1. The first-order chi connectivity index (χ1) is 5.17. The van der Waals surface area contributed by atoms with Crippen molar-refractivity contribution >= 4 is 9.84 Å². The quantitative estimate of drug-likeness (QED) is 0.557. The molecule has 0 aromatic heterocycles. The molecule has 0 aromatic carbocycles. The highest BCUT2D eigenvalue weighted by Crippen LogP contribution is 2.27. The Balaban J connectivity index is 1.93. The molecule has 2 aliphatic rings. The lowest BCUT2D eigenvalue weighted by Crippen LogP contribution is -2.41. The van der Waals surface area contributed by atoms with Crippen molar-refractivity contribution in [2.24, 2.45) is 0 Å². The van der Waals surface area contributed by atoms with Gasteiger partial charge in [-0.2, -0.15) is 0 Å². The van der Waals surface area contributed by atoms with Crippen molar-refractivity contribution in [1.29, 1.82) is 0 Å². The Morgan fingerprint density at radius 1 is 1.09 bits per heavy atom. The smallest absolute Gasteiger partial charge is 0.152 e. The van der Waals surface area contributed by atoms with E-state index in [1.807, 2.05) is 0 Å². The Morgan fingerprint density at radius 3 is 2.09 bits per heavy atom. The molecule has 0 N–H and O–H groups in total. The summed E-state index contributed by atoms with van der Waals surface area (Å²) in [7, 11) is -2.66. The fraction of sp³-hybridized carbons (Fsp3) is 1.00. The molecule has 1 saturated carbocycles. The minimum absolute atomic E-state index is 0.378. The van der Waals surface area contributed by atoms with Crippen LogP contribution in [0.1, 0.15) is 12.8 Å². The summed E-state index contributed by atoms with van der Waals surface area (Å²) in [5.41, 5.74) is 0. The molecule has 0 bridgehead atoms. The molecule has 0 amide bonds. The van der Waals surface area contributed by atoms with E-state index < -0.39 is 9.84 Å². The van der Waals surface area contributed by atoms with Crippen LogP contribution in [0.3, 0.4) is 0 Å². The predicted molar refractivity (Wildman–Crippen MR) is 43.2 cm³/mol. The number of sulfone groups is 1. The summed E-state index contributed by atoms with van der Waals surface area (Å²) >= 11 is 0. The van der Waals surface area contributed by atoms with Crippen LogP contribution in [0.5, 0.6) is 0 Å². The van der Waals surface area contributed by atoms with E-state index in [9.17, 15) is 8.42 Å². The summed E-state index contributed by atoms with van der Waals surface area (Å²) in [6, 6.07) is 0.727. The molecular formula is C7H13NO2S. The minimum atomic E-state index is -2.66. The van der Waals surface area contributed by atoms with Gasteiger partial charge in [0.1, 0.15) is 0 Å². The second-order valence-corrected chi connectivity index (χ2v) is 5.72. The fourth-order valence-electron chi connectivity index (χ4n) is 1.53. The van der Waals surface area contributed by atoms with Crippen LogP contribution in [0, 0.1) is 0 Å². The SMILES string of the molecule is O=S1(=O)CCN(C2CC2)CC1. The fourth-order valence-corrected chi connectivity index (χ4v) is 2.76. The van der Waals surface area contributed by atoms with Gasteiger partial charge in [0.05, 0.1) is 11.5 Å². The normalized spacial score (nSPS) is 32.0. The highest BCUT2D eigenvalue weighted by Gasteiger charge is 2.32. The Morgan fingerprint density at radius 2 is 1.64 bits per heavy atom. The second kappa shape index (κ2) is 2.45. The van der Waals surface area contributed by atoms with E-state index in [0.29, 0.717) is 11.5 Å². The van der Waals surface area contributed by atoms with Crippen molar-refractivity contribution in [3.63, 3.8) is 0 Å². The Hall–Kier alpha value is -0.0900. The lowest BCUT2D eigenvalue weighted by Gasteiger charge is -2.25. The van der Waals surface area contributed by atoms with Crippen molar-refractivity contribution in [1.82, 2.24) is 4.90 Å². The number of hydrogen-bond donors (Lipinski definition) is 0. The van der Waals surface area contributed by atoms with E-state index >= 15 is 0 Å². The predicted octanol–water partition coefficient (Wildman–Crippen LogP) is -0.121. The van der Waals surface area contributed by atoms with E-state index in [-0.39, 0.29) is 0 Å². The maximum Gasteiger partial charge on any atom is 0.152 e. The summed E-state index contributed by atoms with van der Waals surface area (Å²) in [6.07, 6.45) is 2.56. The van der Waals surface area contributed by atoms with E-state index in [4.69, 9.17) is 0 Å². The van der Waals surface area contributed by atoms with Gasteiger partial charge in [-0.05, 0) is 12.8 Å². The maximum absolute atomic E-state index is 11.0. The zero-order chi connectivity index (χ0) is 7.90. The summed E-state index contributed by atoms with van der Waals surface area (Å²) in [4.78, 5) is 2.31. The molecule has 4 heteroatoms. The lowest BCUT2D eigenvalue weighted by molar-refractivity contribution is 0.285. The molecule has 2 fully saturated rings. The molecule has 1 saturated heterocycles. The molecule has 0 unspecified atom stereocenters. The van der Waals surface area contributed by atoms with Gasteiger partial charge in [-0.15, -0.1) is 0 Å². The molecule has 11 heavy (non-hydrogen) atoms. The number of rotatable bonds is 1. The van der Waals surface area contributed by atoms with Gasteiger partial charge in [0.15, 0.2) is 9.84 Å². The molecule has 64 valence electrons. The first kappa shape index (κ1) is 7.55. The van der Waals surface area contributed by atoms with Gasteiger partial charge in [0.2, 0.25) is 0 Å². The molecule has 0 radical (unpaired) electrons. The Bertz CT molecular complexity index is 229. The van der Waals surface area contributed by atoms with Crippen molar-refractivity contribution in [2.45, 2.75) is 18.9 Å². The molecule has 3 nitrogen and oxygen atoms in total. The highest BCUT2D eigenvalue weighted by atomic mass is 32.2. The van der Waals surface area contributed by atoms with Crippen molar-refractivity contribution < 1.29 is 8.42 Å². The summed E-state index contributed by atoms with van der Waals surface area (Å²) in [6.45, 7) is 1.54. The Kier molecular flexibility index (Phi) is 1.68. The van der Waals surface area contributed by atoms with Crippen molar-refractivity contribution in [3.8, 4) is 0 Å². The van der Waals surface area contributed by atoms with Crippen LogP contribution in [0.4, 0.5) is 0 Å². The molecule has 0 aromatic rings. The van der Waals surface area contributed by atoms with Gasteiger partial charge >= 0.3 is 0 Å². The largest absolute Gasteiger partial charge is 0.298 e. The highest BCUT2D eigenvalue weighted by molar-refractivity contribution is 7.91. The average Bonchev–Trinajstić information content (AvgIpc) is 2.70. The van der Waals surface area contributed by atoms with Gasteiger partial charge in [0.25, 0.3) is 0 Å². The molecule has 0 atom stereocenters. The van der Waals surface area contributed by atoms with Gasteiger partial charge < -0.3 is 0 Å². The van der Waals surface area contributed by atoms with Crippen molar-refractivity contribution in [3.05, 3.63) is 0 Å². The van der Waals surface area contributed by atoms with Gasteiger partial charge in [-0.1, -0.05) is 0 Å². The van der Waals surface area contributed by atoms with Crippen LogP contribution < -0.4 is 0 Å². The third-order valence-corrected chi connectivity index (χ3v) is 4.05. The lowest BCUT2D eigenvalue weighted by atomic mass is 10.5. The first-order valence-electron chi connectivity index (χ1n) is 4.12. The second-order valence-electron chi connectivity index (χ2n) is 3.42. The maximum atomic E-state index is 11.0. The van der Waals surface area contributed by atoms with Crippen LogP contribution in [0.25, 0.3) is 0 Å². The zero-order valence-electron chi connectivity index (χ0n) is 6.49. The van der Waals surface area contributed by atoms with Crippen molar-refractivity contribution in [2.75, 3.05) is 24.6 Å². The Labute approximate surface area is 67.3 Å². The standard InChI is InChI=1S/C7H13NO2S/c9-11(10)5-3-8(4-6-11)7-1-2-7/h7H,1-6H2. The monoisotopic (exact) mass is 175 g/mol.